The Hall–Kier alpha value is -2.33. The number of amides is 2. The molecule has 0 radical (unpaired) electrons. The first-order valence-electron chi connectivity index (χ1n) is 9.86. The summed E-state index contributed by atoms with van der Waals surface area (Å²) in [5, 5.41) is 22.1. The lowest BCUT2D eigenvalue weighted by Gasteiger charge is -2.36. The van der Waals surface area contributed by atoms with Crippen LogP contribution in [0.2, 0.25) is 5.02 Å². The minimum atomic E-state index is -1.77. The summed E-state index contributed by atoms with van der Waals surface area (Å²) in [5.41, 5.74) is 0.579. The van der Waals surface area contributed by atoms with Gasteiger partial charge >= 0.3 is 6.03 Å². The number of carbonyl (C=O) groups excluding carboxylic acids is 1. The summed E-state index contributed by atoms with van der Waals surface area (Å²) in [6, 6.07) is 6.99. The second-order valence-corrected chi connectivity index (χ2v) is 9.11. The SMILES string of the molecule is Cc1ccc2nc(NC(=O)N3CCC(F)(c4ncc([C@@H](O)CO)cc4Cl)CC3)sc2c1. The monoisotopic (exact) mass is 464 g/mol. The van der Waals surface area contributed by atoms with Crippen molar-refractivity contribution in [3.63, 3.8) is 0 Å². The average molecular weight is 465 g/mol. The number of urea groups is 1. The number of benzene rings is 1. The molecule has 3 N–H and O–H groups in total. The molecule has 4 rings (SSSR count). The molecule has 10 heteroatoms. The van der Waals surface area contributed by atoms with E-state index in [1.165, 1.54) is 23.6 Å². The van der Waals surface area contributed by atoms with Crippen LogP contribution in [-0.4, -0.2) is 50.8 Å². The molecule has 1 aliphatic heterocycles. The topological polar surface area (TPSA) is 98.6 Å². The number of aryl methyl sites for hydroxylation is 1. The van der Waals surface area contributed by atoms with E-state index >= 15 is 4.39 Å². The zero-order chi connectivity index (χ0) is 22.2. The maximum atomic E-state index is 15.6. The van der Waals surface area contributed by atoms with Gasteiger partial charge < -0.3 is 15.1 Å². The van der Waals surface area contributed by atoms with Crippen molar-refractivity contribution >= 4 is 44.3 Å². The van der Waals surface area contributed by atoms with Gasteiger partial charge in [-0.1, -0.05) is 29.0 Å². The number of nitrogens with one attached hydrogen (secondary N) is 1. The Labute approximate surface area is 187 Å². The van der Waals surface area contributed by atoms with Crippen molar-refractivity contribution in [2.45, 2.75) is 31.5 Å². The largest absolute Gasteiger partial charge is 0.393 e. The summed E-state index contributed by atoms with van der Waals surface area (Å²) < 4.78 is 16.6. The number of pyridine rings is 1. The van der Waals surface area contributed by atoms with Crippen LogP contribution in [0.4, 0.5) is 14.3 Å². The number of anilines is 1. The first kappa shape index (κ1) is 21.9. The molecule has 1 saturated heterocycles. The lowest BCUT2D eigenvalue weighted by Crippen LogP contribution is -2.45. The number of carbonyl (C=O) groups is 1. The van der Waals surface area contributed by atoms with E-state index in [9.17, 15) is 9.90 Å². The molecule has 3 heterocycles. The van der Waals surface area contributed by atoms with Gasteiger partial charge in [-0.25, -0.2) is 14.2 Å². The van der Waals surface area contributed by atoms with Gasteiger partial charge in [-0.15, -0.1) is 0 Å². The third-order valence-corrected chi connectivity index (χ3v) is 6.67. The van der Waals surface area contributed by atoms with Crippen molar-refractivity contribution in [1.82, 2.24) is 14.9 Å². The summed E-state index contributed by atoms with van der Waals surface area (Å²) in [6.07, 6.45) is 0.297. The molecule has 1 aromatic carbocycles. The Morgan fingerprint density at radius 3 is 2.81 bits per heavy atom. The number of aliphatic hydroxyl groups is 2. The predicted molar refractivity (Wildman–Crippen MR) is 118 cm³/mol. The highest BCUT2D eigenvalue weighted by molar-refractivity contribution is 7.22. The molecule has 31 heavy (non-hydrogen) atoms. The molecule has 3 aromatic rings. The maximum absolute atomic E-state index is 15.6. The minimum absolute atomic E-state index is 0.0497. The molecule has 1 atom stereocenters. The third kappa shape index (κ3) is 4.50. The molecule has 7 nitrogen and oxygen atoms in total. The van der Waals surface area contributed by atoms with Crippen molar-refractivity contribution in [3.05, 3.63) is 52.3 Å². The standard InChI is InChI=1S/C21H22ClFN4O3S/c1-12-2-3-15-17(8-12)31-19(25-15)26-20(30)27-6-4-21(23,5-7-27)18-14(22)9-13(10-24-18)16(29)11-28/h2-3,8-10,16,28-29H,4-7,11H2,1H3,(H,25,26,30)/t16-/m0/s1. The van der Waals surface area contributed by atoms with Crippen molar-refractivity contribution < 1.29 is 19.4 Å². The van der Waals surface area contributed by atoms with Gasteiger partial charge in [0.25, 0.3) is 0 Å². The number of aliphatic hydroxyl groups excluding tert-OH is 2. The van der Waals surface area contributed by atoms with E-state index in [4.69, 9.17) is 16.7 Å². The molecule has 0 aliphatic carbocycles. The van der Waals surface area contributed by atoms with E-state index in [2.05, 4.69) is 15.3 Å². The smallest absolute Gasteiger partial charge is 0.323 e. The Bertz CT molecular complexity index is 1120. The molecule has 0 unspecified atom stereocenters. The Balaban J connectivity index is 1.41. The van der Waals surface area contributed by atoms with E-state index in [1.54, 1.807) is 4.90 Å². The van der Waals surface area contributed by atoms with E-state index < -0.39 is 18.4 Å². The number of hydrogen-bond acceptors (Lipinski definition) is 6. The number of thiazole rings is 1. The average Bonchev–Trinajstić information content (AvgIpc) is 3.14. The highest BCUT2D eigenvalue weighted by Gasteiger charge is 2.40. The fourth-order valence-electron chi connectivity index (χ4n) is 3.63. The van der Waals surface area contributed by atoms with Crippen molar-refractivity contribution in [3.8, 4) is 0 Å². The van der Waals surface area contributed by atoms with Gasteiger partial charge in [0.1, 0.15) is 6.10 Å². The fraction of sp³-hybridized carbons (Fsp3) is 0.381. The zero-order valence-corrected chi connectivity index (χ0v) is 18.4. The van der Waals surface area contributed by atoms with E-state index in [0.717, 1.165) is 15.8 Å². The van der Waals surface area contributed by atoms with E-state index in [0.29, 0.717) is 10.7 Å². The van der Waals surface area contributed by atoms with Crippen LogP contribution in [0.15, 0.2) is 30.5 Å². The van der Waals surface area contributed by atoms with Crippen molar-refractivity contribution in [1.29, 1.82) is 0 Å². The number of fused-ring (bicyclic) bond motifs is 1. The molecular formula is C21H22ClFN4O3S. The van der Waals surface area contributed by atoms with Gasteiger partial charge in [0.15, 0.2) is 10.8 Å². The van der Waals surface area contributed by atoms with Gasteiger partial charge in [0, 0.05) is 37.7 Å². The first-order valence-corrected chi connectivity index (χ1v) is 11.1. The summed E-state index contributed by atoms with van der Waals surface area (Å²) in [6.45, 7) is 1.92. The fourth-order valence-corrected chi connectivity index (χ4v) is 4.92. The summed E-state index contributed by atoms with van der Waals surface area (Å²) in [4.78, 5) is 22.7. The third-order valence-electron chi connectivity index (χ3n) is 5.45. The molecule has 1 aliphatic rings. The molecule has 0 bridgehead atoms. The Morgan fingerprint density at radius 2 is 2.13 bits per heavy atom. The summed E-state index contributed by atoms with van der Waals surface area (Å²) >= 11 is 7.61. The van der Waals surface area contributed by atoms with Gasteiger partial charge in [0.05, 0.1) is 27.5 Å². The van der Waals surface area contributed by atoms with Gasteiger partial charge in [0.2, 0.25) is 0 Å². The number of piperidine rings is 1. The predicted octanol–water partition coefficient (Wildman–Crippen LogP) is 4.17. The molecule has 2 aromatic heterocycles. The van der Waals surface area contributed by atoms with Crippen molar-refractivity contribution in [2.24, 2.45) is 0 Å². The molecule has 0 saturated carbocycles. The molecular weight excluding hydrogens is 443 g/mol. The van der Waals surface area contributed by atoms with Crippen LogP contribution in [0.5, 0.6) is 0 Å². The number of alkyl halides is 1. The summed E-state index contributed by atoms with van der Waals surface area (Å²) in [5.74, 6) is 0. The lowest BCUT2D eigenvalue weighted by molar-refractivity contribution is 0.0679. The highest BCUT2D eigenvalue weighted by atomic mass is 35.5. The van der Waals surface area contributed by atoms with Crippen LogP contribution in [0.25, 0.3) is 10.2 Å². The number of nitrogens with zero attached hydrogens (tertiary/aromatic N) is 3. The molecule has 164 valence electrons. The highest BCUT2D eigenvalue weighted by Crippen LogP contribution is 2.40. The van der Waals surface area contributed by atoms with Gasteiger partial charge in [-0.3, -0.25) is 10.3 Å². The number of hydrogen-bond donors (Lipinski definition) is 3. The Kier molecular flexibility index (Phi) is 6.11. The minimum Gasteiger partial charge on any atom is -0.393 e. The van der Waals surface area contributed by atoms with Crippen LogP contribution < -0.4 is 5.32 Å². The molecule has 1 fully saturated rings. The number of aromatic nitrogens is 2. The number of likely N-dealkylation sites (tertiary alicyclic amines) is 1. The van der Waals surface area contributed by atoms with Gasteiger partial charge in [-0.2, -0.15) is 0 Å². The van der Waals surface area contributed by atoms with E-state index in [-0.39, 0.29) is 42.7 Å². The summed E-state index contributed by atoms with van der Waals surface area (Å²) in [7, 11) is 0. The van der Waals surface area contributed by atoms with E-state index in [1.807, 2.05) is 25.1 Å². The normalized spacial score (nSPS) is 17.0. The molecule has 2 amide bonds. The lowest BCUT2D eigenvalue weighted by atomic mass is 9.89. The van der Waals surface area contributed by atoms with Crippen LogP contribution in [0.1, 0.15) is 35.8 Å². The number of rotatable bonds is 4. The Morgan fingerprint density at radius 1 is 1.39 bits per heavy atom. The molecule has 0 spiro atoms. The second kappa shape index (κ2) is 8.66. The van der Waals surface area contributed by atoms with Crippen LogP contribution in [0, 0.1) is 6.92 Å². The number of halogens is 2. The zero-order valence-electron chi connectivity index (χ0n) is 16.8. The van der Waals surface area contributed by atoms with Crippen LogP contribution in [-0.2, 0) is 5.67 Å². The van der Waals surface area contributed by atoms with Crippen molar-refractivity contribution in [2.75, 3.05) is 25.0 Å². The van der Waals surface area contributed by atoms with Crippen LogP contribution in [0.3, 0.4) is 0 Å². The second-order valence-electron chi connectivity index (χ2n) is 7.67. The quantitative estimate of drug-likeness (QED) is 0.538. The van der Waals surface area contributed by atoms with Gasteiger partial charge in [-0.05, 0) is 30.7 Å². The first-order chi connectivity index (χ1) is 14.8. The maximum Gasteiger partial charge on any atom is 0.323 e. The van der Waals surface area contributed by atoms with Crippen LogP contribution >= 0.6 is 22.9 Å².